The summed E-state index contributed by atoms with van der Waals surface area (Å²) in [6, 6.07) is 0. The van der Waals surface area contributed by atoms with Crippen LogP contribution in [0.25, 0.3) is 0 Å². The monoisotopic (exact) mass is 181 g/mol. The van der Waals surface area contributed by atoms with Crippen molar-refractivity contribution in [3.8, 4) is 0 Å². The van der Waals surface area contributed by atoms with Gasteiger partial charge in [0.25, 0.3) is 0 Å². The van der Waals surface area contributed by atoms with E-state index in [0.717, 1.165) is 17.3 Å². The average Bonchev–Trinajstić information content (AvgIpc) is 2.00. The molecule has 2 fully saturated rings. The standard InChI is InChI=1S/C12H23N/c1-10(2)11-7-12(5-4-6-12)9-13(3)8-11/h10-11H,4-9H2,1-3H3/t11-/m1/s1. The van der Waals surface area contributed by atoms with Crippen molar-refractivity contribution in [1.82, 2.24) is 4.90 Å². The van der Waals surface area contributed by atoms with Crippen LogP contribution in [0.15, 0.2) is 0 Å². The predicted octanol–water partition coefficient (Wildman–Crippen LogP) is 2.76. The van der Waals surface area contributed by atoms with Crippen LogP contribution >= 0.6 is 0 Å². The lowest BCUT2D eigenvalue weighted by molar-refractivity contribution is -0.0113. The summed E-state index contributed by atoms with van der Waals surface area (Å²) in [6.07, 6.45) is 5.99. The van der Waals surface area contributed by atoms with Crippen molar-refractivity contribution in [3.05, 3.63) is 0 Å². The highest BCUT2D eigenvalue weighted by molar-refractivity contribution is 4.95. The van der Waals surface area contributed by atoms with Gasteiger partial charge in [0.2, 0.25) is 0 Å². The minimum Gasteiger partial charge on any atom is -0.306 e. The Morgan fingerprint density at radius 2 is 2.00 bits per heavy atom. The van der Waals surface area contributed by atoms with Crippen LogP contribution in [0.1, 0.15) is 39.5 Å². The third kappa shape index (κ3) is 1.76. The minimum absolute atomic E-state index is 0.752. The Balaban J connectivity index is 2.01. The molecule has 76 valence electrons. The molecule has 1 aliphatic carbocycles. The molecule has 0 radical (unpaired) electrons. The minimum atomic E-state index is 0.752. The Labute approximate surface area is 82.5 Å². The number of rotatable bonds is 1. The third-order valence-electron chi connectivity index (χ3n) is 4.20. The SMILES string of the molecule is CC(C)[C@H]1CN(C)CC2(CCC2)C1. The van der Waals surface area contributed by atoms with E-state index in [1.165, 1.54) is 38.8 Å². The lowest BCUT2D eigenvalue weighted by Crippen LogP contribution is -2.50. The summed E-state index contributed by atoms with van der Waals surface area (Å²) in [7, 11) is 2.30. The van der Waals surface area contributed by atoms with Gasteiger partial charge in [-0.2, -0.15) is 0 Å². The van der Waals surface area contributed by atoms with Crippen molar-refractivity contribution in [2.24, 2.45) is 17.3 Å². The molecule has 0 aromatic rings. The van der Waals surface area contributed by atoms with Gasteiger partial charge in [-0.25, -0.2) is 0 Å². The van der Waals surface area contributed by atoms with Gasteiger partial charge >= 0.3 is 0 Å². The Morgan fingerprint density at radius 1 is 1.31 bits per heavy atom. The number of piperidine rings is 1. The molecule has 0 aromatic heterocycles. The summed E-state index contributed by atoms with van der Waals surface area (Å²) in [5.41, 5.74) is 0.752. The van der Waals surface area contributed by atoms with E-state index in [2.05, 4.69) is 25.8 Å². The second-order valence-electron chi connectivity index (χ2n) is 5.76. The zero-order valence-electron chi connectivity index (χ0n) is 9.34. The molecule has 2 aliphatic rings. The van der Waals surface area contributed by atoms with E-state index in [0.29, 0.717) is 0 Å². The number of likely N-dealkylation sites (tertiary alicyclic amines) is 1. The summed E-state index contributed by atoms with van der Waals surface area (Å²) in [4.78, 5) is 2.56. The topological polar surface area (TPSA) is 3.24 Å². The van der Waals surface area contributed by atoms with Crippen molar-refractivity contribution in [2.45, 2.75) is 39.5 Å². The number of nitrogens with zero attached hydrogens (tertiary/aromatic N) is 1. The fourth-order valence-corrected chi connectivity index (χ4v) is 3.21. The molecular formula is C12H23N. The highest BCUT2D eigenvalue weighted by Gasteiger charge is 2.43. The average molecular weight is 181 g/mol. The molecule has 2 rings (SSSR count). The quantitative estimate of drug-likeness (QED) is 0.601. The second kappa shape index (κ2) is 3.27. The van der Waals surface area contributed by atoms with Gasteiger partial charge in [0.1, 0.15) is 0 Å². The van der Waals surface area contributed by atoms with Crippen molar-refractivity contribution in [2.75, 3.05) is 20.1 Å². The fraction of sp³-hybridized carbons (Fsp3) is 1.00. The first-order chi connectivity index (χ1) is 6.11. The molecule has 1 nitrogen and oxygen atoms in total. The zero-order valence-corrected chi connectivity index (χ0v) is 9.34. The van der Waals surface area contributed by atoms with E-state index >= 15 is 0 Å². The maximum absolute atomic E-state index is 2.56. The van der Waals surface area contributed by atoms with Crippen LogP contribution in [-0.4, -0.2) is 25.0 Å². The normalized spacial score (nSPS) is 33.7. The second-order valence-corrected chi connectivity index (χ2v) is 5.76. The van der Waals surface area contributed by atoms with Crippen molar-refractivity contribution in [3.63, 3.8) is 0 Å². The summed E-state index contributed by atoms with van der Waals surface area (Å²) in [6.45, 7) is 7.47. The summed E-state index contributed by atoms with van der Waals surface area (Å²) >= 11 is 0. The maximum atomic E-state index is 2.56. The van der Waals surface area contributed by atoms with Crippen LogP contribution in [0.2, 0.25) is 0 Å². The van der Waals surface area contributed by atoms with E-state index in [-0.39, 0.29) is 0 Å². The Bertz CT molecular complexity index is 182. The Hall–Kier alpha value is -0.0400. The molecule has 1 saturated heterocycles. The molecule has 0 N–H and O–H groups in total. The van der Waals surface area contributed by atoms with Gasteiger partial charge in [0.15, 0.2) is 0 Å². The van der Waals surface area contributed by atoms with E-state index in [1.54, 1.807) is 0 Å². The van der Waals surface area contributed by atoms with E-state index in [9.17, 15) is 0 Å². The molecule has 1 heterocycles. The van der Waals surface area contributed by atoms with Gasteiger partial charge in [0.05, 0.1) is 0 Å². The summed E-state index contributed by atoms with van der Waals surface area (Å²) in [5.74, 6) is 1.83. The van der Waals surface area contributed by atoms with E-state index in [4.69, 9.17) is 0 Å². The first-order valence-electron chi connectivity index (χ1n) is 5.80. The van der Waals surface area contributed by atoms with Gasteiger partial charge in [-0.15, -0.1) is 0 Å². The lowest BCUT2D eigenvalue weighted by atomic mass is 9.61. The molecule has 13 heavy (non-hydrogen) atoms. The highest BCUT2D eigenvalue weighted by Crippen LogP contribution is 2.49. The van der Waals surface area contributed by atoms with Crippen LogP contribution in [0.3, 0.4) is 0 Å². The molecule has 0 bridgehead atoms. The Morgan fingerprint density at radius 3 is 2.46 bits per heavy atom. The lowest BCUT2D eigenvalue weighted by Gasteiger charge is -2.51. The molecule has 1 saturated carbocycles. The molecular weight excluding hydrogens is 158 g/mol. The molecule has 1 aliphatic heterocycles. The number of hydrogen-bond acceptors (Lipinski definition) is 1. The maximum Gasteiger partial charge on any atom is 0.00351 e. The van der Waals surface area contributed by atoms with Crippen LogP contribution in [0.4, 0.5) is 0 Å². The highest BCUT2D eigenvalue weighted by atomic mass is 15.1. The van der Waals surface area contributed by atoms with Gasteiger partial charge in [-0.3, -0.25) is 0 Å². The van der Waals surface area contributed by atoms with Crippen molar-refractivity contribution in [1.29, 1.82) is 0 Å². The molecule has 1 atom stereocenters. The van der Waals surface area contributed by atoms with Crippen molar-refractivity contribution < 1.29 is 0 Å². The summed E-state index contributed by atoms with van der Waals surface area (Å²) in [5, 5.41) is 0. The summed E-state index contributed by atoms with van der Waals surface area (Å²) < 4.78 is 0. The number of hydrogen-bond donors (Lipinski definition) is 0. The largest absolute Gasteiger partial charge is 0.306 e. The van der Waals surface area contributed by atoms with Crippen LogP contribution < -0.4 is 0 Å². The van der Waals surface area contributed by atoms with E-state index in [1.807, 2.05) is 0 Å². The van der Waals surface area contributed by atoms with Gasteiger partial charge in [0, 0.05) is 13.1 Å². The first-order valence-corrected chi connectivity index (χ1v) is 5.80. The first kappa shape index (κ1) is 9.51. The molecule has 0 aromatic carbocycles. The fourth-order valence-electron chi connectivity index (χ4n) is 3.21. The zero-order chi connectivity index (χ0) is 9.47. The van der Waals surface area contributed by atoms with Gasteiger partial charge in [-0.1, -0.05) is 20.3 Å². The van der Waals surface area contributed by atoms with Crippen LogP contribution in [-0.2, 0) is 0 Å². The predicted molar refractivity (Wildman–Crippen MR) is 56.7 cm³/mol. The van der Waals surface area contributed by atoms with Crippen LogP contribution in [0.5, 0.6) is 0 Å². The molecule has 0 unspecified atom stereocenters. The smallest absolute Gasteiger partial charge is 0.00351 e. The Kier molecular flexibility index (Phi) is 2.39. The van der Waals surface area contributed by atoms with E-state index < -0.39 is 0 Å². The molecule has 1 heteroatoms. The van der Waals surface area contributed by atoms with Crippen LogP contribution in [0, 0.1) is 17.3 Å². The molecule has 1 spiro atoms. The van der Waals surface area contributed by atoms with Gasteiger partial charge in [-0.05, 0) is 43.6 Å². The van der Waals surface area contributed by atoms with Gasteiger partial charge < -0.3 is 4.90 Å². The molecule has 0 amide bonds. The third-order valence-corrected chi connectivity index (χ3v) is 4.20. The van der Waals surface area contributed by atoms with Crippen molar-refractivity contribution >= 4 is 0 Å².